The number of aliphatic hydroxyl groups excluding tert-OH is 1. The molecular formula is C30H30N2O6. The third-order valence-electron chi connectivity index (χ3n) is 5.99. The lowest BCUT2D eigenvalue weighted by atomic mass is 9.95. The number of nitrogens with zero attached hydrogens (tertiary/aromatic N) is 1. The van der Waals surface area contributed by atoms with E-state index in [1.807, 2.05) is 13.8 Å². The molecule has 1 aliphatic heterocycles. The molecule has 8 heteroatoms. The monoisotopic (exact) mass is 514 g/mol. The number of hydrogen-bond donors (Lipinski definition) is 2. The van der Waals surface area contributed by atoms with Gasteiger partial charge in [0.25, 0.3) is 11.7 Å². The first-order valence-electron chi connectivity index (χ1n) is 12.3. The zero-order valence-corrected chi connectivity index (χ0v) is 21.7. The van der Waals surface area contributed by atoms with Crippen LogP contribution in [-0.2, 0) is 14.4 Å². The molecule has 2 N–H and O–H groups in total. The maximum atomic E-state index is 13.5. The molecule has 0 radical (unpaired) electrons. The van der Waals surface area contributed by atoms with Crippen LogP contribution in [0, 0.1) is 5.92 Å². The van der Waals surface area contributed by atoms with Gasteiger partial charge < -0.3 is 19.9 Å². The van der Waals surface area contributed by atoms with Crippen LogP contribution in [0.4, 0.5) is 11.4 Å². The molecule has 4 rings (SSSR count). The van der Waals surface area contributed by atoms with Crippen molar-refractivity contribution in [3.05, 3.63) is 89.5 Å². The Labute approximate surface area is 221 Å². The van der Waals surface area contributed by atoms with E-state index < -0.39 is 17.7 Å². The third kappa shape index (κ3) is 5.54. The lowest BCUT2D eigenvalue weighted by Crippen LogP contribution is -2.29. The first-order chi connectivity index (χ1) is 18.2. The summed E-state index contributed by atoms with van der Waals surface area (Å²) < 4.78 is 11.2. The summed E-state index contributed by atoms with van der Waals surface area (Å²) in [5.74, 6) is -0.832. The van der Waals surface area contributed by atoms with Crippen molar-refractivity contribution in [3.63, 3.8) is 0 Å². The van der Waals surface area contributed by atoms with Crippen molar-refractivity contribution in [3.8, 4) is 11.5 Å². The first kappa shape index (κ1) is 26.5. The second kappa shape index (κ2) is 11.2. The molecule has 3 aromatic carbocycles. The molecule has 0 aliphatic carbocycles. The molecule has 1 fully saturated rings. The molecule has 0 saturated carbocycles. The standard InChI is InChI=1S/C30H30N2O6/c1-18(2)17-38-25-13-6-9-21(15-25)28(34)26-27(20-8-5-12-24(14-20)37-4)32(30(36)29(26)35)23-11-7-10-22(16-23)31-19(3)33/h5-16,18,27,34H,17H2,1-4H3,(H,31,33)/b28-26+. The number of carbonyl (C=O) groups excluding carboxylic acids is 3. The van der Waals surface area contributed by atoms with Crippen molar-refractivity contribution in [2.24, 2.45) is 5.92 Å². The molecule has 1 atom stereocenters. The van der Waals surface area contributed by atoms with Crippen molar-refractivity contribution in [2.45, 2.75) is 26.8 Å². The number of carbonyl (C=O) groups is 3. The van der Waals surface area contributed by atoms with Crippen LogP contribution in [0.1, 0.15) is 37.9 Å². The van der Waals surface area contributed by atoms with E-state index in [1.165, 1.54) is 18.9 Å². The van der Waals surface area contributed by atoms with Gasteiger partial charge in [0, 0.05) is 23.9 Å². The number of ketones is 1. The van der Waals surface area contributed by atoms with E-state index >= 15 is 0 Å². The van der Waals surface area contributed by atoms with Gasteiger partial charge in [-0.25, -0.2) is 0 Å². The second-order valence-electron chi connectivity index (χ2n) is 9.41. The average Bonchev–Trinajstić information content (AvgIpc) is 3.17. The largest absolute Gasteiger partial charge is 0.507 e. The molecule has 0 spiro atoms. The molecule has 8 nitrogen and oxygen atoms in total. The number of ether oxygens (including phenoxy) is 2. The Kier molecular flexibility index (Phi) is 7.81. The Morgan fingerprint density at radius 1 is 1.00 bits per heavy atom. The fourth-order valence-electron chi connectivity index (χ4n) is 4.31. The van der Waals surface area contributed by atoms with Gasteiger partial charge in [0.2, 0.25) is 5.91 Å². The van der Waals surface area contributed by atoms with Gasteiger partial charge >= 0.3 is 0 Å². The van der Waals surface area contributed by atoms with Crippen molar-refractivity contribution in [2.75, 3.05) is 23.9 Å². The zero-order valence-electron chi connectivity index (χ0n) is 21.7. The van der Waals surface area contributed by atoms with E-state index in [9.17, 15) is 19.5 Å². The van der Waals surface area contributed by atoms with Gasteiger partial charge in [0.1, 0.15) is 17.3 Å². The summed E-state index contributed by atoms with van der Waals surface area (Å²) in [5, 5.41) is 14.1. The third-order valence-corrected chi connectivity index (χ3v) is 5.99. The molecule has 2 amide bonds. The SMILES string of the molecule is COc1cccc(C2/C(=C(\O)c3cccc(OCC(C)C)c3)C(=O)C(=O)N2c2cccc(NC(C)=O)c2)c1. The second-order valence-corrected chi connectivity index (χ2v) is 9.41. The molecular weight excluding hydrogens is 484 g/mol. The van der Waals surface area contributed by atoms with E-state index in [4.69, 9.17) is 9.47 Å². The van der Waals surface area contributed by atoms with Crippen LogP contribution in [0.3, 0.4) is 0 Å². The minimum atomic E-state index is -0.946. The van der Waals surface area contributed by atoms with E-state index in [0.29, 0.717) is 46.5 Å². The van der Waals surface area contributed by atoms with Gasteiger partial charge in [-0.2, -0.15) is 0 Å². The molecule has 1 saturated heterocycles. The molecule has 1 heterocycles. The Morgan fingerprint density at radius 2 is 1.71 bits per heavy atom. The van der Waals surface area contributed by atoms with E-state index in [0.717, 1.165) is 0 Å². The van der Waals surface area contributed by atoms with E-state index in [2.05, 4.69) is 5.32 Å². The van der Waals surface area contributed by atoms with Crippen LogP contribution >= 0.6 is 0 Å². The van der Waals surface area contributed by atoms with Crippen LogP contribution < -0.4 is 19.7 Å². The fourth-order valence-corrected chi connectivity index (χ4v) is 4.31. The average molecular weight is 515 g/mol. The highest BCUT2D eigenvalue weighted by atomic mass is 16.5. The van der Waals surface area contributed by atoms with Crippen LogP contribution in [0.15, 0.2) is 78.4 Å². The number of amides is 2. The summed E-state index contributed by atoms with van der Waals surface area (Å²) >= 11 is 0. The Hall–Kier alpha value is -4.59. The summed E-state index contributed by atoms with van der Waals surface area (Å²) in [6, 6.07) is 19.5. The Morgan fingerprint density at radius 3 is 2.42 bits per heavy atom. The van der Waals surface area contributed by atoms with Crippen LogP contribution in [-0.4, -0.2) is 36.4 Å². The fraction of sp³-hybridized carbons (Fsp3) is 0.233. The number of Topliss-reactive ketones (excluding diaryl/α,β-unsaturated/α-hetero) is 1. The molecule has 1 unspecified atom stereocenters. The van der Waals surface area contributed by atoms with E-state index in [1.54, 1.807) is 72.8 Å². The number of methoxy groups -OCH3 is 1. The van der Waals surface area contributed by atoms with Crippen molar-refractivity contribution < 1.29 is 29.0 Å². The maximum absolute atomic E-state index is 13.5. The van der Waals surface area contributed by atoms with Crippen molar-refractivity contribution in [1.29, 1.82) is 0 Å². The topological polar surface area (TPSA) is 105 Å². The van der Waals surface area contributed by atoms with E-state index in [-0.39, 0.29) is 17.2 Å². The molecule has 196 valence electrons. The number of nitrogens with one attached hydrogen (secondary N) is 1. The highest BCUT2D eigenvalue weighted by molar-refractivity contribution is 6.51. The van der Waals surface area contributed by atoms with Gasteiger partial charge in [-0.3, -0.25) is 19.3 Å². The molecule has 0 bridgehead atoms. The minimum Gasteiger partial charge on any atom is -0.507 e. The number of hydrogen-bond acceptors (Lipinski definition) is 6. The van der Waals surface area contributed by atoms with Gasteiger partial charge in [-0.15, -0.1) is 0 Å². The predicted molar refractivity (Wildman–Crippen MR) is 145 cm³/mol. The number of benzene rings is 3. The summed E-state index contributed by atoms with van der Waals surface area (Å²) in [6.45, 7) is 5.93. The Bertz CT molecular complexity index is 1410. The molecule has 38 heavy (non-hydrogen) atoms. The highest BCUT2D eigenvalue weighted by Crippen LogP contribution is 2.43. The van der Waals surface area contributed by atoms with Crippen LogP contribution in [0.5, 0.6) is 11.5 Å². The summed E-state index contributed by atoms with van der Waals surface area (Å²) in [4.78, 5) is 39.9. The molecule has 1 aliphatic rings. The van der Waals surface area contributed by atoms with Crippen molar-refractivity contribution in [1.82, 2.24) is 0 Å². The zero-order chi connectivity index (χ0) is 27.4. The summed E-state index contributed by atoms with van der Waals surface area (Å²) in [5.41, 5.74) is 1.72. The van der Waals surface area contributed by atoms with Crippen LogP contribution in [0.2, 0.25) is 0 Å². The van der Waals surface area contributed by atoms with Gasteiger partial charge in [0.05, 0.1) is 25.3 Å². The predicted octanol–water partition coefficient (Wildman–Crippen LogP) is 5.31. The quantitative estimate of drug-likeness (QED) is 0.240. The normalized spacial score (nSPS) is 16.6. The Balaban J connectivity index is 1.88. The maximum Gasteiger partial charge on any atom is 0.300 e. The van der Waals surface area contributed by atoms with Gasteiger partial charge in [0.15, 0.2) is 0 Å². The number of aliphatic hydroxyl groups is 1. The minimum absolute atomic E-state index is 0.0609. The van der Waals surface area contributed by atoms with Crippen molar-refractivity contribution >= 4 is 34.7 Å². The van der Waals surface area contributed by atoms with Gasteiger partial charge in [-0.05, 0) is 53.9 Å². The highest BCUT2D eigenvalue weighted by Gasteiger charge is 2.47. The first-order valence-corrected chi connectivity index (χ1v) is 12.3. The molecule has 3 aromatic rings. The summed E-state index contributed by atoms with van der Waals surface area (Å²) in [7, 11) is 1.52. The number of rotatable bonds is 8. The summed E-state index contributed by atoms with van der Waals surface area (Å²) in [6.07, 6.45) is 0. The van der Waals surface area contributed by atoms with Gasteiger partial charge in [-0.1, -0.05) is 44.2 Å². The lowest BCUT2D eigenvalue weighted by Gasteiger charge is -2.26. The molecule has 0 aromatic heterocycles. The van der Waals surface area contributed by atoms with Crippen LogP contribution in [0.25, 0.3) is 5.76 Å². The number of anilines is 2. The lowest BCUT2D eigenvalue weighted by molar-refractivity contribution is -0.132. The smallest absolute Gasteiger partial charge is 0.300 e.